The summed E-state index contributed by atoms with van der Waals surface area (Å²) in [7, 11) is 1.34. The van der Waals surface area contributed by atoms with Crippen LogP contribution in [0.4, 0.5) is 0 Å². The largest absolute Gasteiger partial charge is 0.494 e. The molecule has 0 aliphatic rings. The quantitative estimate of drug-likeness (QED) is 0.570. The summed E-state index contributed by atoms with van der Waals surface area (Å²) in [6.45, 7) is 5.73. The van der Waals surface area contributed by atoms with E-state index in [-0.39, 0.29) is 12.5 Å². The van der Waals surface area contributed by atoms with E-state index in [1.54, 1.807) is 38.1 Å². The van der Waals surface area contributed by atoms with E-state index in [2.05, 4.69) is 10.6 Å². The zero-order valence-electron chi connectivity index (χ0n) is 15.4. The Morgan fingerprint density at radius 2 is 1.73 bits per heavy atom. The van der Waals surface area contributed by atoms with Crippen LogP contribution in [0.1, 0.15) is 31.1 Å². The average Bonchev–Trinajstić information content (AvgIpc) is 2.59. The lowest BCUT2D eigenvalue weighted by molar-refractivity contribution is -0.143. The maximum absolute atomic E-state index is 12.4. The summed E-state index contributed by atoms with van der Waals surface area (Å²) < 4.78 is 10.1. The number of carbonyl (C=O) groups excluding carboxylic acids is 2. The Kier molecular flexibility index (Phi) is 8.57. The van der Waals surface area contributed by atoms with E-state index < -0.39 is 29.9 Å². The van der Waals surface area contributed by atoms with Crippen molar-refractivity contribution < 1.29 is 29.0 Å². The third-order valence-electron chi connectivity index (χ3n) is 3.61. The molecule has 0 aliphatic heterocycles. The minimum atomic E-state index is -1.21. The number of carboxylic acid groups (broad SMARTS) is 1. The second-order valence-electron chi connectivity index (χ2n) is 6.01. The van der Waals surface area contributed by atoms with E-state index in [9.17, 15) is 14.4 Å². The van der Waals surface area contributed by atoms with Gasteiger partial charge in [-0.15, -0.1) is 0 Å². The summed E-state index contributed by atoms with van der Waals surface area (Å²) in [5, 5.41) is 14.1. The molecular formula is C18H26N2O6. The summed E-state index contributed by atoms with van der Waals surface area (Å²) in [5.74, 6) is -1.81. The summed E-state index contributed by atoms with van der Waals surface area (Å²) >= 11 is 0. The van der Waals surface area contributed by atoms with E-state index in [4.69, 9.17) is 14.6 Å². The molecule has 0 fully saturated rings. The molecule has 0 aliphatic carbocycles. The average molecular weight is 366 g/mol. The monoisotopic (exact) mass is 366 g/mol. The van der Waals surface area contributed by atoms with Crippen molar-refractivity contribution in [3.8, 4) is 5.75 Å². The van der Waals surface area contributed by atoms with Gasteiger partial charge in [0.05, 0.1) is 13.2 Å². The Labute approximate surface area is 152 Å². The molecule has 0 spiro atoms. The van der Waals surface area contributed by atoms with E-state index in [0.717, 1.165) is 0 Å². The van der Waals surface area contributed by atoms with Crippen LogP contribution < -0.4 is 15.4 Å². The topological polar surface area (TPSA) is 114 Å². The Balaban J connectivity index is 2.81. The normalized spacial score (nSPS) is 13.0. The number of methoxy groups -OCH3 is 1. The van der Waals surface area contributed by atoms with E-state index in [1.165, 1.54) is 7.11 Å². The molecule has 1 rings (SSSR count). The maximum Gasteiger partial charge on any atom is 0.328 e. The van der Waals surface area contributed by atoms with Gasteiger partial charge in [-0.2, -0.15) is 0 Å². The fourth-order valence-electron chi connectivity index (χ4n) is 2.23. The van der Waals surface area contributed by atoms with Crippen molar-refractivity contribution in [1.29, 1.82) is 0 Å². The highest BCUT2D eigenvalue weighted by atomic mass is 16.5. The molecule has 0 saturated heterocycles. The molecule has 2 unspecified atom stereocenters. The zero-order chi connectivity index (χ0) is 19.7. The molecule has 0 saturated carbocycles. The van der Waals surface area contributed by atoms with E-state index in [0.29, 0.717) is 17.9 Å². The van der Waals surface area contributed by atoms with Crippen LogP contribution in [0, 0.1) is 5.92 Å². The first-order valence-electron chi connectivity index (χ1n) is 8.36. The first kappa shape index (κ1) is 21.4. The van der Waals surface area contributed by atoms with Crippen molar-refractivity contribution in [3.05, 3.63) is 29.8 Å². The zero-order valence-corrected chi connectivity index (χ0v) is 15.4. The Bertz CT molecular complexity index is 615. The predicted octanol–water partition coefficient (Wildman–Crippen LogP) is 1.06. The third-order valence-corrected chi connectivity index (χ3v) is 3.61. The second kappa shape index (κ2) is 10.4. The highest BCUT2D eigenvalue weighted by Crippen LogP contribution is 2.13. The second-order valence-corrected chi connectivity index (χ2v) is 6.01. The molecule has 0 heterocycles. The lowest BCUT2D eigenvalue weighted by atomic mass is 10.0. The van der Waals surface area contributed by atoms with Crippen LogP contribution in [-0.2, 0) is 14.3 Å². The number of nitrogens with one attached hydrogen (secondary N) is 2. The van der Waals surface area contributed by atoms with Crippen molar-refractivity contribution in [1.82, 2.24) is 10.6 Å². The number of ether oxygens (including phenoxy) is 2. The first-order valence-corrected chi connectivity index (χ1v) is 8.36. The van der Waals surface area contributed by atoms with E-state index >= 15 is 0 Å². The van der Waals surface area contributed by atoms with Crippen LogP contribution in [0.3, 0.4) is 0 Å². The summed E-state index contributed by atoms with van der Waals surface area (Å²) in [6, 6.07) is 4.47. The number of carbonyl (C=O) groups is 3. The lowest BCUT2D eigenvalue weighted by Crippen LogP contribution is -2.54. The Morgan fingerprint density at radius 3 is 2.19 bits per heavy atom. The number of hydrogen-bond donors (Lipinski definition) is 3. The van der Waals surface area contributed by atoms with Gasteiger partial charge in [0, 0.05) is 12.7 Å². The lowest BCUT2D eigenvalue weighted by Gasteiger charge is -2.24. The van der Waals surface area contributed by atoms with Crippen molar-refractivity contribution in [2.45, 2.75) is 32.9 Å². The molecule has 2 atom stereocenters. The molecule has 0 radical (unpaired) electrons. The fourth-order valence-corrected chi connectivity index (χ4v) is 2.23. The van der Waals surface area contributed by atoms with Crippen LogP contribution in [0.2, 0.25) is 0 Å². The third kappa shape index (κ3) is 6.36. The highest BCUT2D eigenvalue weighted by molar-refractivity contribution is 5.98. The molecule has 3 N–H and O–H groups in total. The smallest absolute Gasteiger partial charge is 0.328 e. The van der Waals surface area contributed by atoms with Crippen LogP contribution in [0.25, 0.3) is 0 Å². The Morgan fingerprint density at radius 1 is 1.12 bits per heavy atom. The molecule has 26 heavy (non-hydrogen) atoms. The molecule has 144 valence electrons. The summed E-state index contributed by atoms with van der Waals surface area (Å²) in [5.41, 5.74) is 0.374. The maximum atomic E-state index is 12.4. The minimum absolute atomic E-state index is 0.168. The molecule has 0 bridgehead atoms. The van der Waals surface area contributed by atoms with Gasteiger partial charge in [-0.1, -0.05) is 13.8 Å². The van der Waals surface area contributed by atoms with Gasteiger partial charge < -0.3 is 25.2 Å². The van der Waals surface area contributed by atoms with Gasteiger partial charge in [-0.05, 0) is 37.1 Å². The van der Waals surface area contributed by atoms with Crippen LogP contribution in [0.15, 0.2) is 24.3 Å². The van der Waals surface area contributed by atoms with Crippen molar-refractivity contribution in [2.24, 2.45) is 5.92 Å². The number of benzene rings is 1. The number of carboxylic acids is 1. The standard InChI is InChI=1S/C18H26N2O6/c1-5-26-13-8-6-12(7-9-13)16(21)20-15(11(2)3)17(22)19-14(10-25-4)18(23)24/h6-9,11,14-15H,5,10H2,1-4H3,(H,19,22)(H,20,21)(H,23,24). The number of hydrogen-bond acceptors (Lipinski definition) is 5. The SMILES string of the molecule is CCOc1ccc(C(=O)NC(C(=O)NC(COC)C(=O)O)C(C)C)cc1. The van der Waals surface area contributed by atoms with Crippen LogP contribution in [-0.4, -0.2) is 55.3 Å². The van der Waals surface area contributed by atoms with Gasteiger partial charge in [-0.25, -0.2) is 4.79 Å². The van der Waals surface area contributed by atoms with Gasteiger partial charge in [0.15, 0.2) is 6.04 Å². The van der Waals surface area contributed by atoms with Crippen molar-refractivity contribution in [2.75, 3.05) is 20.3 Å². The number of amides is 2. The summed E-state index contributed by atoms with van der Waals surface area (Å²) in [4.78, 5) is 36.0. The predicted molar refractivity (Wildman–Crippen MR) is 95.1 cm³/mol. The van der Waals surface area contributed by atoms with Crippen molar-refractivity contribution >= 4 is 17.8 Å². The Hall–Kier alpha value is -2.61. The number of aliphatic carboxylic acids is 1. The van der Waals surface area contributed by atoms with Gasteiger partial charge in [0.1, 0.15) is 11.8 Å². The van der Waals surface area contributed by atoms with Crippen LogP contribution >= 0.6 is 0 Å². The van der Waals surface area contributed by atoms with Gasteiger partial charge >= 0.3 is 5.97 Å². The molecule has 8 heteroatoms. The molecule has 0 aromatic heterocycles. The van der Waals surface area contributed by atoms with Gasteiger partial charge in [0.2, 0.25) is 5.91 Å². The highest BCUT2D eigenvalue weighted by Gasteiger charge is 2.28. The first-order chi connectivity index (χ1) is 12.3. The number of rotatable bonds is 10. The molecular weight excluding hydrogens is 340 g/mol. The molecule has 2 amide bonds. The van der Waals surface area contributed by atoms with Gasteiger partial charge in [0.25, 0.3) is 5.91 Å². The van der Waals surface area contributed by atoms with E-state index in [1.807, 2.05) is 6.92 Å². The molecule has 1 aromatic carbocycles. The summed E-state index contributed by atoms with van der Waals surface area (Å²) in [6.07, 6.45) is 0. The molecule has 8 nitrogen and oxygen atoms in total. The fraction of sp³-hybridized carbons (Fsp3) is 0.500. The van der Waals surface area contributed by atoms with Crippen LogP contribution in [0.5, 0.6) is 5.75 Å². The van der Waals surface area contributed by atoms with Crippen molar-refractivity contribution in [3.63, 3.8) is 0 Å². The molecule has 1 aromatic rings. The minimum Gasteiger partial charge on any atom is -0.494 e. The van der Waals surface area contributed by atoms with Gasteiger partial charge in [-0.3, -0.25) is 9.59 Å².